The fraction of sp³-hybridized carbons (Fsp3) is 0.429. The SMILES string of the molecule is C=CCCC(NCC)c1cc(F)ccc1C(F)(F)F. The minimum atomic E-state index is -4.48. The summed E-state index contributed by atoms with van der Waals surface area (Å²) in [4.78, 5) is 0. The lowest BCUT2D eigenvalue weighted by Gasteiger charge is -2.22. The molecule has 106 valence electrons. The molecule has 0 aliphatic carbocycles. The van der Waals surface area contributed by atoms with Crippen LogP contribution in [0.5, 0.6) is 0 Å². The average molecular weight is 275 g/mol. The van der Waals surface area contributed by atoms with Crippen molar-refractivity contribution in [1.29, 1.82) is 0 Å². The van der Waals surface area contributed by atoms with Gasteiger partial charge in [0.2, 0.25) is 0 Å². The lowest BCUT2D eigenvalue weighted by atomic mass is 9.96. The van der Waals surface area contributed by atoms with Crippen LogP contribution in [0.25, 0.3) is 0 Å². The Bertz CT molecular complexity index is 426. The summed E-state index contributed by atoms with van der Waals surface area (Å²) in [5.41, 5.74) is -0.833. The van der Waals surface area contributed by atoms with E-state index in [9.17, 15) is 17.6 Å². The molecule has 1 unspecified atom stereocenters. The predicted octanol–water partition coefficient (Wildman–Crippen LogP) is 4.46. The van der Waals surface area contributed by atoms with Crippen molar-refractivity contribution in [1.82, 2.24) is 5.32 Å². The maximum atomic E-state index is 13.2. The minimum Gasteiger partial charge on any atom is -0.310 e. The molecule has 0 heterocycles. The molecule has 0 aliphatic rings. The number of allylic oxidation sites excluding steroid dienone is 1. The Balaban J connectivity index is 3.18. The van der Waals surface area contributed by atoms with Gasteiger partial charge >= 0.3 is 6.18 Å². The van der Waals surface area contributed by atoms with Gasteiger partial charge in [-0.05, 0) is 43.1 Å². The number of benzene rings is 1. The summed E-state index contributed by atoms with van der Waals surface area (Å²) in [5, 5.41) is 2.96. The van der Waals surface area contributed by atoms with Gasteiger partial charge in [0, 0.05) is 6.04 Å². The first kappa shape index (κ1) is 15.7. The molecule has 1 atom stereocenters. The quantitative estimate of drug-likeness (QED) is 0.597. The average Bonchev–Trinajstić information content (AvgIpc) is 2.32. The van der Waals surface area contributed by atoms with Crippen LogP contribution in [-0.4, -0.2) is 6.54 Å². The Morgan fingerprint density at radius 1 is 1.37 bits per heavy atom. The van der Waals surface area contributed by atoms with Gasteiger partial charge in [0.1, 0.15) is 5.82 Å². The second kappa shape index (κ2) is 6.70. The van der Waals surface area contributed by atoms with Crippen LogP contribution in [0, 0.1) is 5.82 Å². The third-order valence-electron chi connectivity index (χ3n) is 2.80. The monoisotopic (exact) mass is 275 g/mol. The third kappa shape index (κ3) is 4.35. The first-order chi connectivity index (χ1) is 8.90. The van der Waals surface area contributed by atoms with Crippen molar-refractivity contribution in [3.05, 3.63) is 47.8 Å². The highest BCUT2D eigenvalue weighted by Gasteiger charge is 2.35. The summed E-state index contributed by atoms with van der Waals surface area (Å²) in [6.07, 6.45) is -1.84. The molecule has 0 spiro atoms. The summed E-state index contributed by atoms with van der Waals surface area (Å²) in [5.74, 6) is -0.662. The second-order valence-corrected chi connectivity index (χ2v) is 4.21. The zero-order valence-corrected chi connectivity index (χ0v) is 10.7. The Labute approximate surface area is 110 Å². The van der Waals surface area contributed by atoms with E-state index >= 15 is 0 Å². The molecule has 1 rings (SSSR count). The number of halogens is 4. The molecular weight excluding hydrogens is 258 g/mol. The highest BCUT2D eigenvalue weighted by Crippen LogP contribution is 2.36. The molecule has 1 N–H and O–H groups in total. The molecule has 0 bridgehead atoms. The Morgan fingerprint density at radius 3 is 2.58 bits per heavy atom. The van der Waals surface area contributed by atoms with Crippen molar-refractivity contribution < 1.29 is 17.6 Å². The number of hydrogen-bond acceptors (Lipinski definition) is 1. The molecule has 0 fully saturated rings. The van der Waals surface area contributed by atoms with Gasteiger partial charge in [-0.15, -0.1) is 6.58 Å². The second-order valence-electron chi connectivity index (χ2n) is 4.21. The summed E-state index contributed by atoms with van der Waals surface area (Å²) < 4.78 is 52.0. The van der Waals surface area contributed by atoms with Crippen LogP contribution in [0.2, 0.25) is 0 Å². The summed E-state index contributed by atoms with van der Waals surface area (Å²) >= 11 is 0. The largest absolute Gasteiger partial charge is 0.416 e. The van der Waals surface area contributed by atoms with Gasteiger partial charge in [0.25, 0.3) is 0 Å². The van der Waals surface area contributed by atoms with Crippen molar-refractivity contribution in [2.24, 2.45) is 0 Å². The number of alkyl halides is 3. The highest BCUT2D eigenvalue weighted by atomic mass is 19.4. The van der Waals surface area contributed by atoms with Gasteiger partial charge in [-0.25, -0.2) is 4.39 Å². The molecule has 1 nitrogen and oxygen atoms in total. The van der Waals surface area contributed by atoms with Crippen LogP contribution >= 0.6 is 0 Å². The zero-order valence-electron chi connectivity index (χ0n) is 10.7. The fourth-order valence-electron chi connectivity index (χ4n) is 1.98. The number of nitrogens with one attached hydrogen (secondary N) is 1. The van der Waals surface area contributed by atoms with Crippen molar-refractivity contribution in [2.75, 3.05) is 6.54 Å². The smallest absolute Gasteiger partial charge is 0.310 e. The molecule has 5 heteroatoms. The Kier molecular flexibility index (Phi) is 5.54. The number of rotatable bonds is 6. The van der Waals surface area contributed by atoms with E-state index in [1.54, 1.807) is 13.0 Å². The maximum absolute atomic E-state index is 13.2. The van der Waals surface area contributed by atoms with Crippen molar-refractivity contribution >= 4 is 0 Å². The number of hydrogen-bond donors (Lipinski definition) is 1. The van der Waals surface area contributed by atoms with Gasteiger partial charge < -0.3 is 5.32 Å². The standard InChI is InChI=1S/C14H17F4N/c1-3-5-6-13(19-4-2)11-9-10(15)7-8-12(11)14(16,17)18/h3,7-9,13,19H,1,4-6H2,2H3. The van der Waals surface area contributed by atoms with Gasteiger partial charge in [-0.3, -0.25) is 0 Å². The first-order valence-corrected chi connectivity index (χ1v) is 6.11. The van der Waals surface area contributed by atoms with E-state index < -0.39 is 23.6 Å². The molecule has 0 saturated carbocycles. The van der Waals surface area contributed by atoms with E-state index in [1.807, 2.05) is 0 Å². The third-order valence-corrected chi connectivity index (χ3v) is 2.80. The first-order valence-electron chi connectivity index (χ1n) is 6.11. The Hall–Kier alpha value is -1.36. The molecule has 0 aliphatic heterocycles. The molecule has 0 saturated heterocycles. The molecule has 1 aromatic carbocycles. The van der Waals surface area contributed by atoms with E-state index in [0.29, 0.717) is 19.4 Å². The molecule has 0 radical (unpaired) electrons. The molecular formula is C14H17F4N. The van der Waals surface area contributed by atoms with Crippen molar-refractivity contribution in [3.63, 3.8) is 0 Å². The minimum absolute atomic E-state index is 0.0452. The van der Waals surface area contributed by atoms with Crippen LogP contribution in [0.15, 0.2) is 30.9 Å². The molecule has 19 heavy (non-hydrogen) atoms. The summed E-state index contributed by atoms with van der Waals surface area (Å²) in [6.45, 7) is 5.86. The van der Waals surface area contributed by atoms with Crippen molar-refractivity contribution in [3.8, 4) is 0 Å². The highest BCUT2D eigenvalue weighted by molar-refractivity contribution is 5.33. The van der Waals surface area contributed by atoms with Crippen LogP contribution in [-0.2, 0) is 6.18 Å². The van der Waals surface area contributed by atoms with E-state index in [4.69, 9.17) is 0 Å². The van der Waals surface area contributed by atoms with Crippen molar-refractivity contribution in [2.45, 2.75) is 32.0 Å². The topological polar surface area (TPSA) is 12.0 Å². The molecule has 0 amide bonds. The Morgan fingerprint density at radius 2 is 2.05 bits per heavy atom. The van der Waals surface area contributed by atoms with E-state index in [-0.39, 0.29) is 5.56 Å². The predicted molar refractivity (Wildman–Crippen MR) is 67.3 cm³/mol. The van der Waals surface area contributed by atoms with Crippen LogP contribution < -0.4 is 5.32 Å². The lowest BCUT2D eigenvalue weighted by Crippen LogP contribution is -2.24. The van der Waals surface area contributed by atoms with E-state index in [0.717, 1.165) is 18.2 Å². The van der Waals surface area contributed by atoms with Gasteiger partial charge in [-0.2, -0.15) is 13.2 Å². The maximum Gasteiger partial charge on any atom is 0.416 e. The van der Waals surface area contributed by atoms with Gasteiger partial charge in [-0.1, -0.05) is 13.0 Å². The van der Waals surface area contributed by atoms with Crippen LogP contribution in [0.4, 0.5) is 17.6 Å². The van der Waals surface area contributed by atoms with E-state index in [1.165, 1.54) is 0 Å². The van der Waals surface area contributed by atoms with Gasteiger partial charge in [0.15, 0.2) is 0 Å². The summed E-state index contributed by atoms with van der Waals surface area (Å²) in [6, 6.07) is 2.06. The molecule has 1 aromatic rings. The lowest BCUT2D eigenvalue weighted by molar-refractivity contribution is -0.138. The van der Waals surface area contributed by atoms with Gasteiger partial charge in [0.05, 0.1) is 5.56 Å². The summed E-state index contributed by atoms with van der Waals surface area (Å²) in [7, 11) is 0. The molecule has 0 aromatic heterocycles. The van der Waals surface area contributed by atoms with Crippen LogP contribution in [0.1, 0.15) is 36.9 Å². The fourth-order valence-corrected chi connectivity index (χ4v) is 1.98. The zero-order chi connectivity index (χ0) is 14.5. The normalized spacial score (nSPS) is 13.3. The van der Waals surface area contributed by atoms with E-state index in [2.05, 4.69) is 11.9 Å². The van der Waals surface area contributed by atoms with Crippen LogP contribution in [0.3, 0.4) is 0 Å².